The largest absolute Gasteiger partial charge is 0.508 e. The molecule has 0 bridgehead atoms. The standard InChI is InChI=1S/C4H6O3.FH/c1-3-2-6-4(5)7-3;/h3H,2H2,1H3;1H. The van der Waals surface area contributed by atoms with Crippen molar-refractivity contribution in [2.24, 2.45) is 0 Å². The van der Waals surface area contributed by atoms with Gasteiger partial charge in [0, 0.05) is 0 Å². The van der Waals surface area contributed by atoms with E-state index in [2.05, 4.69) is 9.47 Å². The smallest absolute Gasteiger partial charge is 0.430 e. The highest BCUT2D eigenvalue weighted by molar-refractivity contribution is 5.61. The van der Waals surface area contributed by atoms with E-state index in [0.717, 1.165) is 0 Å². The third-order valence-electron chi connectivity index (χ3n) is 0.733. The third-order valence-corrected chi connectivity index (χ3v) is 0.733. The zero-order valence-corrected chi connectivity index (χ0v) is 4.42. The predicted molar refractivity (Wildman–Crippen MR) is 24.4 cm³/mol. The van der Waals surface area contributed by atoms with Crippen molar-refractivity contribution in [2.45, 2.75) is 13.0 Å². The Labute approximate surface area is 45.9 Å². The normalized spacial score (nSPS) is 25.6. The molecule has 8 heavy (non-hydrogen) atoms. The van der Waals surface area contributed by atoms with Crippen LogP contribution >= 0.6 is 0 Å². The molecule has 0 aromatic rings. The second kappa shape index (κ2) is 2.49. The van der Waals surface area contributed by atoms with Crippen molar-refractivity contribution in [2.75, 3.05) is 6.61 Å². The van der Waals surface area contributed by atoms with E-state index in [0.29, 0.717) is 6.61 Å². The molecule has 1 atom stereocenters. The van der Waals surface area contributed by atoms with Gasteiger partial charge in [-0.2, -0.15) is 0 Å². The van der Waals surface area contributed by atoms with Crippen LogP contribution < -0.4 is 0 Å². The Morgan fingerprint density at radius 1 is 1.75 bits per heavy atom. The molecule has 0 amide bonds. The molecule has 3 nitrogen and oxygen atoms in total. The molecule has 0 aliphatic carbocycles. The highest BCUT2D eigenvalue weighted by Gasteiger charge is 2.19. The van der Waals surface area contributed by atoms with Crippen LogP contribution in [-0.2, 0) is 9.47 Å². The lowest BCUT2D eigenvalue weighted by atomic mass is 10.5. The van der Waals surface area contributed by atoms with Crippen molar-refractivity contribution in [3.8, 4) is 0 Å². The molecular formula is C4H7FO3. The summed E-state index contributed by atoms with van der Waals surface area (Å²) in [5, 5.41) is 0. The number of halogens is 1. The molecule has 1 fully saturated rings. The minimum absolute atomic E-state index is 0. The molecule has 4 heteroatoms. The number of ether oxygens (including phenoxy) is 2. The molecule has 1 aliphatic rings. The van der Waals surface area contributed by atoms with E-state index >= 15 is 0 Å². The molecule has 0 spiro atoms. The van der Waals surface area contributed by atoms with Gasteiger partial charge in [-0.25, -0.2) is 4.79 Å². The van der Waals surface area contributed by atoms with E-state index in [1.165, 1.54) is 0 Å². The first-order valence-corrected chi connectivity index (χ1v) is 2.12. The van der Waals surface area contributed by atoms with Gasteiger partial charge in [0.2, 0.25) is 0 Å². The Hall–Kier alpha value is -0.800. The summed E-state index contributed by atoms with van der Waals surface area (Å²) in [5.41, 5.74) is 0. The van der Waals surface area contributed by atoms with E-state index in [1.54, 1.807) is 6.92 Å². The number of carbonyl (C=O) groups excluding carboxylic acids is 1. The summed E-state index contributed by atoms with van der Waals surface area (Å²) < 4.78 is 8.90. The third kappa shape index (κ3) is 1.36. The van der Waals surface area contributed by atoms with Crippen molar-refractivity contribution >= 4 is 6.16 Å². The molecule has 1 aliphatic heterocycles. The van der Waals surface area contributed by atoms with Crippen LogP contribution in [0.25, 0.3) is 0 Å². The number of cyclic esters (lactones) is 2. The topological polar surface area (TPSA) is 35.5 Å². The fourth-order valence-electron chi connectivity index (χ4n) is 0.418. The van der Waals surface area contributed by atoms with Crippen LogP contribution in [-0.4, -0.2) is 18.9 Å². The van der Waals surface area contributed by atoms with Gasteiger partial charge in [-0.3, -0.25) is 4.70 Å². The fraction of sp³-hybridized carbons (Fsp3) is 0.750. The Bertz CT molecular complexity index is 93.3. The number of rotatable bonds is 0. The SMILES string of the molecule is CC1COC(=O)O1.F. The minimum atomic E-state index is -0.549. The minimum Gasteiger partial charge on any atom is -0.430 e. The van der Waals surface area contributed by atoms with Crippen LogP contribution in [0.4, 0.5) is 9.50 Å². The summed E-state index contributed by atoms with van der Waals surface area (Å²) >= 11 is 0. The highest BCUT2D eigenvalue weighted by Crippen LogP contribution is 2.02. The zero-order chi connectivity index (χ0) is 5.28. The van der Waals surface area contributed by atoms with Gasteiger partial charge >= 0.3 is 6.16 Å². The molecule has 1 rings (SSSR count). The van der Waals surface area contributed by atoms with Gasteiger partial charge in [0.25, 0.3) is 0 Å². The first kappa shape index (κ1) is 7.20. The molecular weight excluding hydrogens is 115 g/mol. The van der Waals surface area contributed by atoms with Crippen LogP contribution in [0.2, 0.25) is 0 Å². The van der Waals surface area contributed by atoms with Crippen molar-refractivity contribution < 1.29 is 19.0 Å². The maximum Gasteiger partial charge on any atom is 0.508 e. The van der Waals surface area contributed by atoms with Crippen LogP contribution in [0.3, 0.4) is 0 Å². The van der Waals surface area contributed by atoms with Gasteiger partial charge < -0.3 is 9.47 Å². The Morgan fingerprint density at radius 2 is 2.38 bits per heavy atom. The summed E-state index contributed by atoms with van der Waals surface area (Å²) in [7, 11) is 0. The lowest BCUT2D eigenvalue weighted by molar-refractivity contribution is 0.121. The Balaban J connectivity index is 0.000000490. The molecule has 0 saturated carbocycles. The van der Waals surface area contributed by atoms with Gasteiger partial charge in [-0.15, -0.1) is 0 Å². The average Bonchev–Trinajstić information content (AvgIpc) is 1.87. The van der Waals surface area contributed by atoms with Crippen molar-refractivity contribution in [1.29, 1.82) is 0 Å². The van der Waals surface area contributed by atoms with E-state index in [4.69, 9.17) is 0 Å². The summed E-state index contributed by atoms with van der Waals surface area (Å²) in [5.74, 6) is 0. The first-order valence-electron chi connectivity index (χ1n) is 2.12. The summed E-state index contributed by atoms with van der Waals surface area (Å²) in [6, 6.07) is 0. The van der Waals surface area contributed by atoms with Gasteiger partial charge in [-0.05, 0) is 6.92 Å². The summed E-state index contributed by atoms with van der Waals surface area (Å²) in [4.78, 5) is 10.0. The van der Waals surface area contributed by atoms with E-state index in [-0.39, 0.29) is 10.8 Å². The van der Waals surface area contributed by atoms with E-state index in [9.17, 15) is 4.79 Å². The van der Waals surface area contributed by atoms with Gasteiger partial charge in [0.05, 0.1) is 0 Å². The van der Waals surface area contributed by atoms with E-state index < -0.39 is 6.16 Å². The average molecular weight is 122 g/mol. The molecule has 0 aromatic heterocycles. The van der Waals surface area contributed by atoms with Crippen molar-refractivity contribution in [3.05, 3.63) is 0 Å². The van der Waals surface area contributed by atoms with Gasteiger partial charge in [0.1, 0.15) is 12.7 Å². The molecule has 1 heterocycles. The van der Waals surface area contributed by atoms with Gasteiger partial charge in [0.15, 0.2) is 0 Å². The Kier molecular flexibility index (Phi) is 2.24. The second-order valence-corrected chi connectivity index (χ2v) is 1.49. The van der Waals surface area contributed by atoms with Crippen LogP contribution in [0.5, 0.6) is 0 Å². The first-order chi connectivity index (χ1) is 3.29. The predicted octanol–water partition coefficient (Wildman–Crippen LogP) is 0.694. The highest BCUT2D eigenvalue weighted by atomic mass is 19.0. The number of hydrogen-bond acceptors (Lipinski definition) is 3. The van der Waals surface area contributed by atoms with Crippen LogP contribution in [0, 0.1) is 0 Å². The molecule has 0 aromatic carbocycles. The van der Waals surface area contributed by atoms with E-state index in [1.807, 2.05) is 0 Å². The Morgan fingerprint density at radius 3 is 2.50 bits per heavy atom. The molecule has 0 radical (unpaired) electrons. The summed E-state index contributed by atoms with van der Waals surface area (Å²) in [6.45, 7) is 2.18. The molecule has 1 saturated heterocycles. The monoisotopic (exact) mass is 122 g/mol. The van der Waals surface area contributed by atoms with Crippen molar-refractivity contribution in [3.63, 3.8) is 0 Å². The second-order valence-electron chi connectivity index (χ2n) is 1.49. The molecule has 0 N–H and O–H groups in total. The van der Waals surface area contributed by atoms with Gasteiger partial charge in [-0.1, -0.05) is 0 Å². The van der Waals surface area contributed by atoms with Crippen LogP contribution in [0.1, 0.15) is 6.92 Å². The molecule has 48 valence electrons. The lowest BCUT2D eigenvalue weighted by Gasteiger charge is -1.90. The quantitative estimate of drug-likeness (QED) is 0.443. The zero-order valence-electron chi connectivity index (χ0n) is 4.42. The molecule has 1 unspecified atom stereocenters. The van der Waals surface area contributed by atoms with Crippen molar-refractivity contribution in [1.82, 2.24) is 0 Å². The number of carbonyl (C=O) groups is 1. The maximum absolute atomic E-state index is 10.0. The summed E-state index contributed by atoms with van der Waals surface area (Å²) in [6.07, 6.45) is -0.597. The maximum atomic E-state index is 10.0. The lowest BCUT2D eigenvalue weighted by Crippen LogP contribution is -2.01. The van der Waals surface area contributed by atoms with Crippen LogP contribution in [0.15, 0.2) is 0 Å². The number of hydrogen-bond donors (Lipinski definition) is 0. The fourth-order valence-corrected chi connectivity index (χ4v) is 0.418.